The van der Waals surface area contributed by atoms with Gasteiger partial charge in [-0.2, -0.15) is 0 Å². The lowest BCUT2D eigenvalue weighted by Gasteiger charge is -2.32. The Morgan fingerprint density at radius 1 is 1.47 bits per heavy atom. The normalized spacial score (nSPS) is 22.4. The summed E-state index contributed by atoms with van der Waals surface area (Å²) in [7, 11) is -1.75. The highest BCUT2D eigenvalue weighted by atomic mass is 32.2. The van der Waals surface area contributed by atoms with E-state index in [2.05, 4.69) is 15.3 Å². The van der Waals surface area contributed by atoms with E-state index in [1.807, 2.05) is 0 Å². The van der Waals surface area contributed by atoms with Gasteiger partial charge in [-0.05, 0) is 26.3 Å². The smallest absolute Gasteiger partial charge is 0.222 e. The van der Waals surface area contributed by atoms with Gasteiger partial charge in [0, 0.05) is 38.2 Å². The Morgan fingerprint density at radius 3 is 2.84 bits per heavy atom. The first-order chi connectivity index (χ1) is 9.03. The van der Waals surface area contributed by atoms with Gasteiger partial charge in [0.2, 0.25) is 10.0 Å². The van der Waals surface area contributed by atoms with Crippen molar-refractivity contribution in [1.82, 2.24) is 19.6 Å². The van der Waals surface area contributed by atoms with Crippen molar-refractivity contribution in [2.45, 2.75) is 31.1 Å². The molecule has 1 aromatic rings. The van der Waals surface area contributed by atoms with E-state index in [0.717, 1.165) is 19.4 Å². The molecular weight excluding hydrogens is 264 g/mol. The fourth-order valence-corrected chi connectivity index (χ4v) is 3.80. The van der Waals surface area contributed by atoms with Crippen LogP contribution in [0.25, 0.3) is 0 Å². The molecule has 2 unspecified atom stereocenters. The van der Waals surface area contributed by atoms with Crippen molar-refractivity contribution >= 4 is 10.0 Å². The maximum absolute atomic E-state index is 12.6. The van der Waals surface area contributed by atoms with Gasteiger partial charge < -0.3 is 5.32 Å². The molecule has 0 spiro atoms. The average molecular weight is 284 g/mol. The van der Waals surface area contributed by atoms with Gasteiger partial charge in [0.25, 0.3) is 0 Å². The van der Waals surface area contributed by atoms with Crippen molar-refractivity contribution in [3.63, 3.8) is 0 Å². The quantitative estimate of drug-likeness (QED) is 0.874. The minimum Gasteiger partial charge on any atom is -0.315 e. The summed E-state index contributed by atoms with van der Waals surface area (Å²) < 4.78 is 26.6. The maximum atomic E-state index is 12.6. The van der Waals surface area contributed by atoms with E-state index < -0.39 is 15.3 Å². The highest BCUT2D eigenvalue weighted by molar-refractivity contribution is 7.89. The second-order valence-corrected chi connectivity index (χ2v) is 7.15. The second kappa shape index (κ2) is 5.94. The van der Waals surface area contributed by atoms with Crippen LogP contribution < -0.4 is 5.32 Å². The van der Waals surface area contributed by atoms with Crippen LogP contribution in [0.2, 0.25) is 0 Å². The molecule has 6 nitrogen and oxygen atoms in total. The highest BCUT2D eigenvalue weighted by Crippen LogP contribution is 2.25. The molecule has 1 aliphatic heterocycles. The van der Waals surface area contributed by atoms with Crippen LogP contribution in [-0.2, 0) is 10.0 Å². The summed E-state index contributed by atoms with van der Waals surface area (Å²) in [5, 5.41) is 2.56. The fourth-order valence-electron chi connectivity index (χ4n) is 2.27. The van der Waals surface area contributed by atoms with Gasteiger partial charge in [0.1, 0.15) is 5.25 Å². The van der Waals surface area contributed by atoms with Gasteiger partial charge >= 0.3 is 0 Å². The molecule has 1 aliphatic rings. The van der Waals surface area contributed by atoms with Gasteiger partial charge in [-0.25, -0.2) is 12.7 Å². The van der Waals surface area contributed by atoms with Crippen LogP contribution in [0.4, 0.5) is 0 Å². The second-order valence-electron chi connectivity index (χ2n) is 4.83. The summed E-state index contributed by atoms with van der Waals surface area (Å²) in [4.78, 5) is 8.02. The lowest BCUT2D eigenvalue weighted by atomic mass is 10.1. The summed E-state index contributed by atoms with van der Waals surface area (Å²) in [6.07, 6.45) is 6.47. The van der Waals surface area contributed by atoms with E-state index in [4.69, 9.17) is 0 Å². The zero-order chi connectivity index (χ0) is 13.9. The van der Waals surface area contributed by atoms with Crippen molar-refractivity contribution in [3.8, 4) is 0 Å². The average Bonchev–Trinajstić information content (AvgIpc) is 2.47. The topological polar surface area (TPSA) is 75.2 Å². The number of likely N-dealkylation sites (N-methyl/N-ethyl adjacent to an activating group) is 1. The van der Waals surface area contributed by atoms with E-state index in [1.165, 1.54) is 22.9 Å². The summed E-state index contributed by atoms with van der Waals surface area (Å²) in [5.74, 6) is 0. The number of hydrogen-bond acceptors (Lipinski definition) is 5. The van der Waals surface area contributed by atoms with Crippen molar-refractivity contribution in [1.29, 1.82) is 0 Å². The SMILES string of the molecule is CC(c1cnccn1)S(=O)(=O)N(C)C1CCCNC1. The summed E-state index contributed by atoms with van der Waals surface area (Å²) >= 11 is 0. The number of rotatable bonds is 4. The van der Waals surface area contributed by atoms with E-state index in [0.29, 0.717) is 12.2 Å². The third-order valence-corrected chi connectivity index (χ3v) is 5.87. The Balaban J connectivity index is 2.17. The third-order valence-electron chi connectivity index (χ3n) is 3.63. The van der Waals surface area contributed by atoms with Gasteiger partial charge in [0.15, 0.2) is 0 Å². The van der Waals surface area contributed by atoms with E-state index in [1.54, 1.807) is 14.0 Å². The van der Waals surface area contributed by atoms with Crippen LogP contribution >= 0.6 is 0 Å². The summed E-state index contributed by atoms with van der Waals surface area (Å²) in [6, 6.07) is 0.0258. The van der Waals surface area contributed by atoms with Crippen molar-refractivity contribution in [2.24, 2.45) is 0 Å². The number of piperidine rings is 1. The molecule has 0 amide bonds. The number of sulfonamides is 1. The lowest BCUT2D eigenvalue weighted by Crippen LogP contribution is -2.47. The number of nitrogens with zero attached hydrogens (tertiary/aromatic N) is 3. The van der Waals surface area contributed by atoms with Crippen molar-refractivity contribution in [3.05, 3.63) is 24.3 Å². The Kier molecular flexibility index (Phi) is 4.49. The minimum atomic E-state index is -3.40. The Labute approximate surface area is 114 Å². The maximum Gasteiger partial charge on any atom is 0.222 e. The molecule has 0 aromatic carbocycles. The molecule has 106 valence electrons. The van der Waals surface area contributed by atoms with Crippen LogP contribution in [0.5, 0.6) is 0 Å². The Morgan fingerprint density at radius 2 is 2.26 bits per heavy atom. The number of aromatic nitrogens is 2. The molecule has 0 radical (unpaired) electrons. The molecule has 0 bridgehead atoms. The molecule has 2 heterocycles. The number of hydrogen-bond donors (Lipinski definition) is 1. The van der Waals surface area contributed by atoms with Crippen LogP contribution in [0.3, 0.4) is 0 Å². The minimum absolute atomic E-state index is 0.0258. The fraction of sp³-hybridized carbons (Fsp3) is 0.667. The van der Waals surface area contributed by atoms with Crippen molar-refractivity contribution in [2.75, 3.05) is 20.1 Å². The predicted molar refractivity (Wildman–Crippen MR) is 73.0 cm³/mol. The van der Waals surface area contributed by atoms with Crippen LogP contribution in [-0.4, -0.2) is 48.9 Å². The van der Waals surface area contributed by atoms with Gasteiger partial charge in [-0.15, -0.1) is 0 Å². The monoisotopic (exact) mass is 284 g/mol. The summed E-state index contributed by atoms with van der Waals surface area (Å²) in [5.41, 5.74) is 0.484. The third kappa shape index (κ3) is 3.10. The van der Waals surface area contributed by atoms with Gasteiger partial charge in [-0.1, -0.05) is 0 Å². The van der Waals surface area contributed by atoms with E-state index in [-0.39, 0.29) is 6.04 Å². The van der Waals surface area contributed by atoms with Gasteiger partial charge in [0.05, 0.1) is 5.69 Å². The molecule has 0 aliphatic carbocycles. The molecule has 19 heavy (non-hydrogen) atoms. The zero-order valence-corrected chi connectivity index (χ0v) is 12.1. The van der Waals surface area contributed by atoms with E-state index in [9.17, 15) is 8.42 Å². The van der Waals surface area contributed by atoms with Crippen molar-refractivity contribution < 1.29 is 8.42 Å². The molecule has 1 N–H and O–H groups in total. The first-order valence-electron chi connectivity index (χ1n) is 6.47. The highest BCUT2D eigenvalue weighted by Gasteiger charge is 2.33. The molecule has 2 atom stereocenters. The largest absolute Gasteiger partial charge is 0.315 e. The Hall–Kier alpha value is -1.05. The first-order valence-corrected chi connectivity index (χ1v) is 7.97. The van der Waals surface area contributed by atoms with Crippen LogP contribution in [0, 0.1) is 0 Å². The summed E-state index contributed by atoms with van der Waals surface area (Å²) in [6.45, 7) is 3.33. The molecule has 1 saturated heterocycles. The van der Waals surface area contributed by atoms with Gasteiger partial charge in [-0.3, -0.25) is 9.97 Å². The predicted octanol–water partition coefficient (Wildman–Crippen LogP) is 0.551. The standard InChI is InChI=1S/C12H20N4O2S/c1-10(12-9-14-6-7-15-12)19(17,18)16(2)11-4-3-5-13-8-11/h6-7,9-11,13H,3-5,8H2,1-2H3. The molecule has 1 aromatic heterocycles. The number of nitrogens with one attached hydrogen (secondary N) is 1. The Bertz CT molecular complexity index is 500. The molecule has 2 rings (SSSR count). The molecular formula is C12H20N4O2S. The molecule has 0 saturated carbocycles. The first kappa shape index (κ1) is 14.4. The van der Waals surface area contributed by atoms with Crippen LogP contribution in [0.1, 0.15) is 30.7 Å². The molecule has 1 fully saturated rings. The van der Waals surface area contributed by atoms with Crippen LogP contribution in [0.15, 0.2) is 18.6 Å². The molecule has 7 heteroatoms. The zero-order valence-electron chi connectivity index (χ0n) is 11.3. The lowest BCUT2D eigenvalue weighted by molar-refractivity contribution is 0.297. The van der Waals surface area contributed by atoms with E-state index >= 15 is 0 Å².